The second kappa shape index (κ2) is 6.52. The standard InChI is InChI=1S/C19H25N3O3/c1-21-17(20-15-6-3-2-5-14(15)18(21)23)16-7-4-10-22(16)13-19(24)8-11-25-12-9-19/h2-3,5-6,16,24H,4,7-13H2,1H3. The van der Waals surface area contributed by atoms with Crippen LogP contribution in [0.3, 0.4) is 0 Å². The summed E-state index contributed by atoms with van der Waals surface area (Å²) in [5.41, 5.74) is 0.0470. The first-order valence-corrected chi connectivity index (χ1v) is 9.07. The van der Waals surface area contributed by atoms with Gasteiger partial charge >= 0.3 is 0 Å². The zero-order valence-corrected chi connectivity index (χ0v) is 14.6. The van der Waals surface area contributed by atoms with Gasteiger partial charge in [0.15, 0.2) is 0 Å². The van der Waals surface area contributed by atoms with Crippen molar-refractivity contribution in [1.82, 2.24) is 14.5 Å². The topological polar surface area (TPSA) is 67.6 Å². The minimum Gasteiger partial charge on any atom is -0.388 e. The van der Waals surface area contributed by atoms with Gasteiger partial charge in [-0.25, -0.2) is 4.98 Å². The first-order valence-electron chi connectivity index (χ1n) is 9.07. The highest BCUT2D eigenvalue weighted by Gasteiger charge is 2.37. The van der Waals surface area contributed by atoms with Crippen LogP contribution >= 0.6 is 0 Å². The van der Waals surface area contributed by atoms with Crippen LogP contribution in [0.5, 0.6) is 0 Å². The number of hydrogen-bond donors (Lipinski definition) is 1. The van der Waals surface area contributed by atoms with Gasteiger partial charge in [-0.15, -0.1) is 0 Å². The Morgan fingerprint density at radius 1 is 1.32 bits per heavy atom. The zero-order valence-electron chi connectivity index (χ0n) is 14.6. The molecule has 6 nitrogen and oxygen atoms in total. The molecule has 2 saturated heterocycles. The normalized spacial score (nSPS) is 24.0. The van der Waals surface area contributed by atoms with Crippen molar-refractivity contribution in [2.75, 3.05) is 26.3 Å². The van der Waals surface area contributed by atoms with E-state index in [0.29, 0.717) is 38.0 Å². The molecule has 0 spiro atoms. The first-order chi connectivity index (χ1) is 12.1. The van der Waals surface area contributed by atoms with E-state index in [1.807, 2.05) is 24.3 Å². The molecule has 0 bridgehead atoms. The van der Waals surface area contributed by atoms with Crippen LogP contribution in [0.15, 0.2) is 29.1 Å². The van der Waals surface area contributed by atoms with Crippen molar-refractivity contribution in [2.45, 2.75) is 37.3 Å². The van der Waals surface area contributed by atoms with Gasteiger partial charge in [0.05, 0.1) is 22.5 Å². The maximum atomic E-state index is 12.7. The average Bonchev–Trinajstić information content (AvgIpc) is 3.06. The van der Waals surface area contributed by atoms with E-state index in [1.54, 1.807) is 11.6 Å². The molecule has 0 radical (unpaired) electrons. The van der Waals surface area contributed by atoms with Crippen molar-refractivity contribution in [1.29, 1.82) is 0 Å². The Kier molecular flexibility index (Phi) is 4.35. The lowest BCUT2D eigenvalue weighted by atomic mass is 9.93. The Hall–Kier alpha value is -1.76. The number of fused-ring (bicyclic) bond motifs is 1. The van der Waals surface area contributed by atoms with Gasteiger partial charge in [0.1, 0.15) is 5.82 Å². The van der Waals surface area contributed by atoms with Crippen molar-refractivity contribution < 1.29 is 9.84 Å². The number of β-amino-alcohol motifs (C(OH)–C–C–N with tert-alkyl or cyclic N) is 1. The number of aliphatic hydroxyl groups is 1. The quantitative estimate of drug-likeness (QED) is 0.917. The fourth-order valence-corrected chi connectivity index (χ4v) is 4.13. The molecule has 1 aromatic heterocycles. The molecule has 2 aliphatic rings. The highest BCUT2D eigenvalue weighted by Crippen LogP contribution is 2.34. The highest BCUT2D eigenvalue weighted by molar-refractivity contribution is 5.77. The maximum absolute atomic E-state index is 12.7. The van der Waals surface area contributed by atoms with Crippen molar-refractivity contribution in [3.63, 3.8) is 0 Å². The lowest BCUT2D eigenvalue weighted by molar-refractivity contribution is -0.0820. The summed E-state index contributed by atoms with van der Waals surface area (Å²) < 4.78 is 7.07. The molecule has 1 unspecified atom stereocenters. The Bertz CT molecular complexity index is 826. The van der Waals surface area contributed by atoms with Crippen molar-refractivity contribution in [2.24, 2.45) is 7.05 Å². The maximum Gasteiger partial charge on any atom is 0.261 e. The molecule has 6 heteroatoms. The summed E-state index contributed by atoms with van der Waals surface area (Å²) >= 11 is 0. The molecule has 0 amide bonds. The number of hydrogen-bond acceptors (Lipinski definition) is 5. The average molecular weight is 343 g/mol. The molecule has 2 aromatic rings. The second-order valence-electron chi connectivity index (χ2n) is 7.32. The fraction of sp³-hybridized carbons (Fsp3) is 0.579. The van der Waals surface area contributed by atoms with Crippen molar-refractivity contribution >= 4 is 10.9 Å². The van der Waals surface area contributed by atoms with E-state index in [9.17, 15) is 9.90 Å². The van der Waals surface area contributed by atoms with Crippen LogP contribution in [0.25, 0.3) is 10.9 Å². The molecule has 25 heavy (non-hydrogen) atoms. The minimum absolute atomic E-state index is 0.00257. The number of nitrogens with zero attached hydrogens (tertiary/aromatic N) is 3. The third-order valence-corrected chi connectivity index (χ3v) is 5.60. The summed E-state index contributed by atoms with van der Waals surface area (Å²) in [6.07, 6.45) is 3.35. The smallest absolute Gasteiger partial charge is 0.261 e. The lowest BCUT2D eigenvalue weighted by Gasteiger charge is -2.37. The molecule has 0 saturated carbocycles. The number of likely N-dealkylation sites (tertiary alicyclic amines) is 1. The Balaban J connectivity index is 1.67. The molecule has 1 atom stereocenters. The van der Waals surface area contributed by atoms with E-state index < -0.39 is 5.60 Å². The predicted molar refractivity (Wildman–Crippen MR) is 95.5 cm³/mol. The molecular formula is C19H25N3O3. The van der Waals surface area contributed by atoms with Crippen LogP contribution in [-0.4, -0.2) is 51.5 Å². The van der Waals surface area contributed by atoms with E-state index >= 15 is 0 Å². The molecule has 2 fully saturated rings. The Morgan fingerprint density at radius 3 is 2.88 bits per heavy atom. The summed E-state index contributed by atoms with van der Waals surface area (Å²) in [5, 5.41) is 11.5. The molecule has 0 aliphatic carbocycles. The monoisotopic (exact) mass is 343 g/mol. The SMILES string of the molecule is Cn1c(C2CCCN2CC2(O)CCOCC2)nc2ccccc2c1=O. The molecule has 1 aromatic carbocycles. The molecule has 3 heterocycles. The van der Waals surface area contributed by atoms with E-state index in [-0.39, 0.29) is 11.6 Å². The number of rotatable bonds is 3. The van der Waals surface area contributed by atoms with E-state index in [1.165, 1.54) is 0 Å². The first kappa shape index (κ1) is 16.7. The van der Waals surface area contributed by atoms with Gasteiger partial charge in [-0.1, -0.05) is 12.1 Å². The van der Waals surface area contributed by atoms with Gasteiger partial charge < -0.3 is 9.84 Å². The summed E-state index contributed by atoms with van der Waals surface area (Å²) in [4.78, 5) is 19.8. The van der Waals surface area contributed by atoms with E-state index in [4.69, 9.17) is 9.72 Å². The lowest BCUT2D eigenvalue weighted by Crippen LogP contribution is -2.47. The fourth-order valence-electron chi connectivity index (χ4n) is 4.13. The zero-order chi connectivity index (χ0) is 17.4. The van der Waals surface area contributed by atoms with Crippen LogP contribution in [-0.2, 0) is 11.8 Å². The summed E-state index contributed by atoms with van der Waals surface area (Å²) in [7, 11) is 1.80. The molecule has 4 rings (SSSR count). The summed E-state index contributed by atoms with van der Waals surface area (Å²) in [6, 6.07) is 7.58. The van der Waals surface area contributed by atoms with Gasteiger partial charge in [0, 0.05) is 39.6 Å². The minimum atomic E-state index is -0.698. The number of para-hydroxylation sites is 1. The third-order valence-electron chi connectivity index (χ3n) is 5.60. The number of ether oxygens (including phenoxy) is 1. The van der Waals surface area contributed by atoms with Crippen LogP contribution in [0.4, 0.5) is 0 Å². The Labute approximate surface area is 147 Å². The largest absolute Gasteiger partial charge is 0.388 e. The van der Waals surface area contributed by atoms with Crippen LogP contribution in [0.2, 0.25) is 0 Å². The van der Waals surface area contributed by atoms with Gasteiger partial charge in [-0.3, -0.25) is 14.3 Å². The van der Waals surface area contributed by atoms with Crippen LogP contribution < -0.4 is 5.56 Å². The van der Waals surface area contributed by atoms with Gasteiger partial charge in [-0.05, 0) is 31.5 Å². The third kappa shape index (κ3) is 3.10. The number of benzene rings is 1. The summed E-state index contributed by atoms with van der Waals surface area (Å²) in [6.45, 7) is 2.77. The van der Waals surface area contributed by atoms with Crippen molar-refractivity contribution in [3.05, 3.63) is 40.4 Å². The second-order valence-corrected chi connectivity index (χ2v) is 7.32. The van der Waals surface area contributed by atoms with Gasteiger partial charge in [0.25, 0.3) is 5.56 Å². The van der Waals surface area contributed by atoms with E-state index in [2.05, 4.69) is 4.90 Å². The predicted octanol–water partition coefficient (Wildman–Crippen LogP) is 1.61. The number of aromatic nitrogens is 2. The molecular weight excluding hydrogens is 318 g/mol. The Morgan fingerprint density at radius 2 is 2.08 bits per heavy atom. The highest BCUT2D eigenvalue weighted by atomic mass is 16.5. The molecule has 2 aliphatic heterocycles. The van der Waals surface area contributed by atoms with Crippen molar-refractivity contribution in [3.8, 4) is 0 Å². The van der Waals surface area contributed by atoms with Gasteiger partial charge in [-0.2, -0.15) is 0 Å². The summed E-state index contributed by atoms with van der Waals surface area (Å²) in [5.74, 6) is 0.803. The molecule has 134 valence electrons. The van der Waals surface area contributed by atoms with Gasteiger partial charge in [0.2, 0.25) is 0 Å². The molecule has 1 N–H and O–H groups in total. The van der Waals surface area contributed by atoms with E-state index in [0.717, 1.165) is 30.7 Å². The van der Waals surface area contributed by atoms with Crippen LogP contribution in [0, 0.1) is 0 Å². The van der Waals surface area contributed by atoms with Crippen LogP contribution in [0.1, 0.15) is 37.5 Å².